The Morgan fingerprint density at radius 1 is 1.30 bits per heavy atom. The summed E-state index contributed by atoms with van der Waals surface area (Å²) < 4.78 is 18.5. The maximum Gasteiger partial charge on any atom is 0.160 e. The Balaban J connectivity index is 1.82. The number of nitrogens with one attached hydrogen (secondary N) is 1. The molecule has 0 amide bonds. The molecule has 1 aliphatic rings. The third-order valence-electron chi connectivity index (χ3n) is 3.10. The van der Waals surface area contributed by atoms with E-state index in [1.54, 1.807) is 0 Å². The molecule has 1 unspecified atom stereocenters. The zero-order valence-electron chi connectivity index (χ0n) is 10.9. The lowest BCUT2D eigenvalue weighted by molar-refractivity contribution is 0.0171. The molecule has 2 N–H and O–H groups in total. The maximum atomic E-state index is 13.3. The normalized spacial score (nSPS) is 18.0. The first kappa shape index (κ1) is 15.8. The Morgan fingerprint density at radius 2 is 1.90 bits per heavy atom. The minimum Gasteiger partial charge on any atom is -0.390 e. The summed E-state index contributed by atoms with van der Waals surface area (Å²) in [6, 6.07) is 2.90. The third kappa shape index (κ3) is 4.46. The molecule has 7 heteroatoms. The molecule has 2 rings (SSSR count). The molecule has 0 aliphatic carbocycles. The van der Waals surface area contributed by atoms with Crippen molar-refractivity contribution in [1.82, 2.24) is 4.90 Å². The number of rotatable bonds is 5. The van der Waals surface area contributed by atoms with E-state index in [-0.39, 0.29) is 10.0 Å². The van der Waals surface area contributed by atoms with Crippen LogP contribution in [0, 0.1) is 5.82 Å². The van der Waals surface area contributed by atoms with Gasteiger partial charge in [0.05, 0.1) is 29.4 Å². The molecule has 0 spiro atoms. The van der Waals surface area contributed by atoms with Gasteiger partial charge < -0.3 is 15.2 Å². The highest BCUT2D eigenvalue weighted by Gasteiger charge is 2.15. The molecule has 112 valence electrons. The van der Waals surface area contributed by atoms with Crippen LogP contribution >= 0.6 is 23.2 Å². The average molecular weight is 323 g/mol. The van der Waals surface area contributed by atoms with Gasteiger partial charge in [-0.05, 0) is 12.1 Å². The van der Waals surface area contributed by atoms with Crippen LogP contribution in [0.4, 0.5) is 10.1 Å². The van der Waals surface area contributed by atoms with E-state index in [1.165, 1.54) is 12.1 Å². The van der Waals surface area contributed by atoms with Gasteiger partial charge in [0.25, 0.3) is 0 Å². The van der Waals surface area contributed by atoms with Gasteiger partial charge in [0.1, 0.15) is 0 Å². The largest absolute Gasteiger partial charge is 0.390 e. The molecule has 0 bridgehead atoms. The van der Waals surface area contributed by atoms with Crippen molar-refractivity contribution in [3.8, 4) is 0 Å². The zero-order valence-corrected chi connectivity index (χ0v) is 12.4. The van der Waals surface area contributed by atoms with E-state index in [4.69, 9.17) is 27.9 Å². The molecule has 4 nitrogen and oxygen atoms in total. The fourth-order valence-electron chi connectivity index (χ4n) is 2.04. The predicted octanol–water partition coefficient (Wildman–Crippen LogP) is 2.24. The Morgan fingerprint density at radius 3 is 2.50 bits per heavy atom. The zero-order chi connectivity index (χ0) is 14.5. The topological polar surface area (TPSA) is 44.7 Å². The summed E-state index contributed by atoms with van der Waals surface area (Å²) in [4.78, 5) is 2.14. The maximum absolute atomic E-state index is 13.3. The molecule has 1 aromatic carbocycles. The highest BCUT2D eigenvalue weighted by molar-refractivity contribution is 6.35. The molecule has 0 aromatic heterocycles. The molecule has 1 aromatic rings. The molecular weight excluding hydrogens is 306 g/mol. The summed E-state index contributed by atoms with van der Waals surface area (Å²) in [5.74, 6) is -0.632. The van der Waals surface area contributed by atoms with Crippen molar-refractivity contribution < 1.29 is 14.2 Å². The van der Waals surface area contributed by atoms with Crippen LogP contribution in [-0.2, 0) is 4.74 Å². The number of halogens is 3. The van der Waals surface area contributed by atoms with Gasteiger partial charge in [-0.15, -0.1) is 0 Å². The van der Waals surface area contributed by atoms with Crippen molar-refractivity contribution in [2.45, 2.75) is 6.10 Å². The number of hydrogen-bond acceptors (Lipinski definition) is 4. The standard InChI is InChI=1S/C13H17Cl2FN2O2/c14-11-5-9(6-12(15)13(11)16)17-7-10(19)8-18-1-3-20-4-2-18/h5-6,10,17,19H,1-4,7-8H2. The van der Waals surface area contributed by atoms with Crippen molar-refractivity contribution in [3.05, 3.63) is 28.0 Å². The molecule has 0 saturated carbocycles. The lowest BCUT2D eigenvalue weighted by atomic mass is 10.2. The van der Waals surface area contributed by atoms with Gasteiger partial charge in [-0.2, -0.15) is 0 Å². The molecule has 20 heavy (non-hydrogen) atoms. The minimum atomic E-state index is -0.632. The highest BCUT2D eigenvalue weighted by Crippen LogP contribution is 2.27. The van der Waals surface area contributed by atoms with Crippen LogP contribution < -0.4 is 5.32 Å². The SMILES string of the molecule is OC(CNc1cc(Cl)c(F)c(Cl)c1)CN1CCOCC1. The Hall–Kier alpha value is -0.590. The predicted molar refractivity (Wildman–Crippen MR) is 78.2 cm³/mol. The molecule has 1 aliphatic heterocycles. The van der Waals surface area contributed by atoms with Crippen LogP contribution in [0.25, 0.3) is 0 Å². The summed E-state index contributed by atoms with van der Waals surface area (Å²) in [6.07, 6.45) is -0.532. The highest BCUT2D eigenvalue weighted by atomic mass is 35.5. The number of aliphatic hydroxyl groups excluding tert-OH is 1. The van der Waals surface area contributed by atoms with Gasteiger partial charge in [0, 0.05) is 31.9 Å². The summed E-state index contributed by atoms with van der Waals surface area (Å²) in [6.45, 7) is 3.96. The van der Waals surface area contributed by atoms with Crippen molar-refractivity contribution in [2.75, 3.05) is 44.7 Å². The second-order valence-electron chi connectivity index (χ2n) is 4.70. The van der Waals surface area contributed by atoms with Crippen LogP contribution in [-0.4, -0.2) is 55.5 Å². The van der Waals surface area contributed by atoms with Crippen molar-refractivity contribution in [3.63, 3.8) is 0 Å². The number of morpholine rings is 1. The van der Waals surface area contributed by atoms with Crippen LogP contribution in [0.2, 0.25) is 10.0 Å². The number of ether oxygens (including phenoxy) is 1. The summed E-state index contributed by atoms with van der Waals surface area (Å²) in [5.41, 5.74) is 0.586. The Labute approximate surface area is 127 Å². The van der Waals surface area contributed by atoms with E-state index >= 15 is 0 Å². The van der Waals surface area contributed by atoms with Crippen LogP contribution in [0.1, 0.15) is 0 Å². The number of β-amino-alcohol motifs (C(OH)–C–C–N with tert-alkyl or cyclic N) is 1. The van der Waals surface area contributed by atoms with Gasteiger partial charge in [-0.1, -0.05) is 23.2 Å². The summed E-state index contributed by atoms with van der Waals surface area (Å²) >= 11 is 11.4. The van der Waals surface area contributed by atoms with E-state index in [9.17, 15) is 9.50 Å². The lowest BCUT2D eigenvalue weighted by Crippen LogP contribution is -2.42. The fraction of sp³-hybridized carbons (Fsp3) is 0.538. The van der Waals surface area contributed by atoms with E-state index in [0.29, 0.717) is 32.0 Å². The van der Waals surface area contributed by atoms with Gasteiger partial charge in [-0.25, -0.2) is 4.39 Å². The van der Waals surface area contributed by atoms with Gasteiger partial charge in [0.2, 0.25) is 0 Å². The van der Waals surface area contributed by atoms with Crippen LogP contribution in [0.5, 0.6) is 0 Å². The number of aliphatic hydroxyl groups is 1. The second kappa shape index (κ2) is 7.43. The average Bonchev–Trinajstić information content (AvgIpc) is 2.43. The Kier molecular flexibility index (Phi) is 5.86. The van der Waals surface area contributed by atoms with Crippen LogP contribution in [0.15, 0.2) is 12.1 Å². The molecule has 1 saturated heterocycles. The van der Waals surface area contributed by atoms with Crippen LogP contribution in [0.3, 0.4) is 0 Å². The fourth-order valence-corrected chi connectivity index (χ4v) is 2.53. The summed E-state index contributed by atoms with van der Waals surface area (Å²) in [5, 5.41) is 12.9. The molecule has 0 radical (unpaired) electrons. The number of nitrogens with zero attached hydrogens (tertiary/aromatic N) is 1. The van der Waals surface area contributed by atoms with Crippen molar-refractivity contribution in [2.24, 2.45) is 0 Å². The lowest BCUT2D eigenvalue weighted by Gasteiger charge is -2.28. The monoisotopic (exact) mass is 322 g/mol. The number of hydrogen-bond donors (Lipinski definition) is 2. The summed E-state index contributed by atoms with van der Waals surface area (Å²) in [7, 11) is 0. The van der Waals surface area contributed by atoms with Gasteiger partial charge >= 0.3 is 0 Å². The first-order valence-electron chi connectivity index (χ1n) is 6.43. The van der Waals surface area contributed by atoms with Gasteiger partial charge in [-0.3, -0.25) is 4.90 Å². The van der Waals surface area contributed by atoms with Crippen molar-refractivity contribution >= 4 is 28.9 Å². The van der Waals surface area contributed by atoms with E-state index in [1.807, 2.05) is 0 Å². The molecule has 1 atom stereocenters. The molecular formula is C13H17Cl2FN2O2. The number of anilines is 1. The quantitative estimate of drug-likeness (QED) is 0.816. The third-order valence-corrected chi connectivity index (χ3v) is 3.65. The Bertz CT molecular complexity index is 433. The minimum absolute atomic E-state index is 0.0392. The van der Waals surface area contributed by atoms with Crippen molar-refractivity contribution in [1.29, 1.82) is 0 Å². The second-order valence-corrected chi connectivity index (χ2v) is 5.52. The first-order valence-corrected chi connectivity index (χ1v) is 7.18. The van der Waals surface area contributed by atoms with Gasteiger partial charge in [0.15, 0.2) is 5.82 Å². The van der Waals surface area contributed by atoms with E-state index in [2.05, 4.69) is 10.2 Å². The first-order chi connectivity index (χ1) is 9.56. The molecule has 1 fully saturated rings. The van der Waals surface area contributed by atoms with E-state index in [0.717, 1.165) is 13.1 Å². The smallest absolute Gasteiger partial charge is 0.160 e. The number of benzene rings is 1. The van der Waals surface area contributed by atoms with E-state index < -0.39 is 11.9 Å². The molecule has 1 heterocycles.